The van der Waals surface area contributed by atoms with Gasteiger partial charge in [0.1, 0.15) is 25.6 Å². The molecule has 13 nitrogen and oxygen atoms in total. The van der Waals surface area contributed by atoms with Crippen LogP contribution in [0.1, 0.15) is 54.4 Å². The van der Waals surface area contributed by atoms with Gasteiger partial charge in [0.25, 0.3) is 5.91 Å². The summed E-state index contributed by atoms with van der Waals surface area (Å²) in [5.41, 5.74) is 0.228. The van der Waals surface area contributed by atoms with Crippen LogP contribution < -0.4 is 5.32 Å². The number of fused-ring (bicyclic) bond motifs is 1. The van der Waals surface area contributed by atoms with Crippen molar-refractivity contribution in [1.82, 2.24) is 5.32 Å². The Hall–Kier alpha value is -2.13. The van der Waals surface area contributed by atoms with Crippen molar-refractivity contribution >= 4 is 17.8 Å². The Labute approximate surface area is 247 Å². The zero-order chi connectivity index (χ0) is 31.4. The predicted octanol–water partition coefficient (Wildman–Crippen LogP) is 1.85. The minimum atomic E-state index is -1.60. The maximum atomic E-state index is 13.9. The summed E-state index contributed by atoms with van der Waals surface area (Å²) in [4.78, 5) is 37.4. The molecule has 10 atom stereocenters. The number of nitrogens with one attached hydrogen (secondary N) is 1. The van der Waals surface area contributed by atoms with Crippen LogP contribution in [0.4, 0.5) is 0 Å². The Morgan fingerprint density at radius 1 is 1.07 bits per heavy atom. The summed E-state index contributed by atoms with van der Waals surface area (Å²) < 4.78 is 52.4. The van der Waals surface area contributed by atoms with E-state index in [0.717, 1.165) is 5.57 Å². The average Bonchev–Trinajstić information content (AvgIpc) is 2.92. The van der Waals surface area contributed by atoms with E-state index in [9.17, 15) is 14.4 Å². The molecule has 0 spiro atoms. The third kappa shape index (κ3) is 7.32. The van der Waals surface area contributed by atoms with Gasteiger partial charge in [-0.25, -0.2) is 0 Å². The molecule has 0 bridgehead atoms. The molecule has 3 aliphatic heterocycles. The second kappa shape index (κ2) is 14.1. The SMILES string of the molecule is C=C1C[C@](OC)([C@H](OC(C)=O)C(=O)N[C@H]2OCO[C@H]3[C@@H]2O[C@H](C[C@H](COC(C)=O)OC)C(C)(C)[C@@H]3OC)O[C@H](C)[C@@H]1C. The first kappa shape index (κ1) is 34.4. The first-order valence-electron chi connectivity index (χ1n) is 14.2. The van der Waals surface area contributed by atoms with E-state index in [-0.39, 0.29) is 31.8 Å². The Bertz CT molecular complexity index is 988. The van der Waals surface area contributed by atoms with Crippen molar-refractivity contribution < 1.29 is 57.0 Å². The molecular weight excluding hydrogens is 554 g/mol. The minimum absolute atomic E-state index is 0.00701. The molecule has 0 aromatic rings. The van der Waals surface area contributed by atoms with Gasteiger partial charge < -0.3 is 47.9 Å². The highest BCUT2D eigenvalue weighted by molar-refractivity contribution is 5.84. The van der Waals surface area contributed by atoms with Crippen LogP contribution in [0.5, 0.6) is 0 Å². The summed E-state index contributed by atoms with van der Waals surface area (Å²) in [7, 11) is 4.50. The highest BCUT2D eigenvalue weighted by Crippen LogP contribution is 2.44. The maximum absolute atomic E-state index is 13.9. The monoisotopic (exact) mass is 601 g/mol. The van der Waals surface area contributed by atoms with E-state index in [1.54, 1.807) is 7.11 Å². The van der Waals surface area contributed by atoms with Crippen LogP contribution in [-0.4, -0.2) is 107 Å². The summed E-state index contributed by atoms with van der Waals surface area (Å²) in [5, 5.41) is 2.83. The summed E-state index contributed by atoms with van der Waals surface area (Å²) in [6.07, 6.45) is -5.15. The first-order chi connectivity index (χ1) is 19.7. The van der Waals surface area contributed by atoms with Gasteiger partial charge in [0.05, 0.1) is 24.4 Å². The molecule has 42 heavy (non-hydrogen) atoms. The Balaban J connectivity index is 1.87. The molecule has 1 N–H and O–H groups in total. The third-order valence-corrected chi connectivity index (χ3v) is 8.61. The number of carbonyl (C=O) groups excluding carboxylic acids is 3. The lowest BCUT2D eigenvalue weighted by Gasteiger charge is -2.54. The molecule has 13 heteroatoms. The zero-order valence-corrected chi connectivity index (χ0v) is 26.1. The molecule has 3 saturated heterocycles. The standard InChI is InChI=1S/C29H47NO12/c1-15-12-29(36-10,42-17(3)16(15)2)25(40-19(5)32)26(33)30-27-23-22(38-14-39-27)24(35-9)28(6,7)21(41-23)11-20(34-8)13-37-18(4)31/h16-17,20-25,27H,1,11-14H2,2-10H3,(H,30,33)/t16-,17-,20-,21-,22+,23+,24-,25-,27+,29-/m1/s1. The molecule has 3 rings (SSSR count). The van der Waals surface area contributed by atoms with Gasteiger partial charge in [-0.05, 0) is 6.92 Å². The number of rotatable bonds is 11. The smallest absolute Gasteiger partial charge is 0.303 e. The zero-order valence-electron chi connectivity index (χ0n) is 26.1. The van der Waals surface area contributed by atoms with Crippen LogP contribution in [-0.2, 0) is 57.0 Å². The first-order valence-corrected chi connectivity index (χ1v) is 14.2. The second-order valence-electron chi connectivity index (χ2n) is 11.8. The van der Waals surface area contributed by atoms with E-state index in [4.69, 9.17) is 42.6 Å². The minimum Gasteiger partial charge on any atom is -0.463 e. The summed E-state index contributed by atoms with van der Waals surface area (Å²) in [5.74, 6) is -3.40. The number of ether oxygens (including phenoxy) is 9. The van der Waals surface area contributed by atoms with E-state index < -0.39 is 71.9 Å². The molecule has 240 valence electrons. The van der Waals surface area contributed by atoms with Gasteiger partial charge in [0.15, 0.2) is 6.23 Å². The summed E-state index contributed by atoms with van der Waals surface area (Å²) >= 11 is 0. The van der Waals surface area contributed by atoms with Crippen LogP contribution >= 0.6 is 0 Å². The quantitative estimate of drug-likeness (QED) is 0.272. The van der Waals surface area contributed by atoms with E-state index >= 15 is 0 Å². The van der Waals surface area contributed by atoms with Crippen LogP contribution in [0, 0.1) is 11.3 Å². The van der Waals surface area contributed by atoms with Gasteiger partial charge in [-0.2, -0.15) is 0 Å². The fraction of sp³-hybridized carbons (Fsp3) is 0.828. The number of esters is 2. The fourth-order valence-electron chi connectivity index (χ4n) is 5.91. The molecule has 3 aliphatic rings. The molecule has 0 radical (unpaired) electrons. The van der Waals surface area contributed by atoms with Crippen molar-refractivity contribution in [3.8, 4) is 0 Å². The Morgan fingerprint density at radius 2 is 1.76 bits per heavy atom. The lowest BCUT2D eigenvalue weighted by molar-refractivity contribution is -0.333. The number of carbonyl (C=O) groups is 3. The fourth-order valence-corrected chi connectivity index (χ4v) is 5.91. The van der Waals surface area contributed by atoms with Gasteiger partial charge >= 0.3 is 11.9 Å². The van der Waals surface area contributed by atoms with E-state index in [2.05, 4.69) is 11.9 Å². The molecule has 0 aliphatic carbocycles. The van der Waals surface area contributed by atoms with Crippen molar-refractivity contribution in [1.29, 1.82) is 0 Å². The largest absolute Gasteiger partial charge is 0.463 e. The lowest BCUT2D eigenvalue weighted by Crippen LogP contribution is -2.69. The maximum Gasteiger partial charge on any atom is 0.303 e. The van der Waals surface area contributed by atoms with Crippen LogP contribution in [0.15, 0.2) is 12.2 Å². The molecule has 0 saturated carbocycles. The van der Waals surface area contributed by atoms with Crippen molar-refractivity contribution in [3.63, 3.8) is 0 Å². The van der Waals surface area contributed by atoms with Crippen LogP contribution in [0.2, 0.25) is 0 Å². The molecule has 0 aromatic heterocycles. The molecule has 1 amide bonds. The average molecular weight is 602 g/mol. The molecule has 3 heterocycles. The Kier molecular flexibility index (Phi) is 11.5. The number of amides is 1. The Morgan fingerprint density at radius 3 is 2.31 bits per heavy atom. The molecule has 0 unspecified atom stereocenters. The van der Waals surface area contributed by atoms with Gasteiger partial charge in [-0.3, -0.25) is 14.4 Å². The lowest BCUT2D eigenvalue weighted by atomic mass is 9.72. The van der Waals surface area contributed by atoms with E-state index in [1.807, 2.05) is 27.7 Å². The summed E-state index contributed by atoms with van der Waals surface area (Å²) in [6, 6.07) is 0. The second-order valence-corrected chi connectivity index (χ2v) is 11.8. The van der Waals surface area contributed by atoms with Gasteiger partial charge in [0, 0.05) is 59.4 Å². The van der Waals surface area contributed by atoms with Crippen LogP contribution in [0.25, 0.3) is 0 Å². The van der Waals surface area contributed by atoms with Crippen molar-refractivity contribution in [3.05, 3.63) is 12.2 Å². The van der Waals surface area contributed by atoms with Crippen LogP contribution in [0.3, 0.4) is 0 Å². The summed E-state index contributed by atoms with van der Waals surface area (Å²) in [6.45, 7) is 14.4. The number of methoxy groups -OCH3 is 3. The number of hydrogen-bond donors (Lipinski definition) is 1. The van der Waals surface area contributed by atoms with Gasteiger partial charge in [0.2, 0.25) is 11.9 Å². The van der Waals surface area contributed by atoms with E-state index in [1.165, 1.54) is 28.1 Å². The topological polar surface area (TPSA) is 146 Å². The predicted molar refractivity (Wildman–Crippen MR) is 147 cm³/mol. The van der Waals surface area contributed by atoms with Crippen molar-refractivity contribution in [2.24, 2.45) is 11.3 Å². The highest BCUT2D eigenvalue weighted by Gasteiger charge is 2.58. The number of hydrogen-bond acceptors (Lipinski definition) is 12. The molecular formula is C29H47NO12. The van der Waals surface area contributed by atoms with Gasteiger partial charge in [-0.1, -0.05) is 32.9 Å². The van der Waals surface area contributed by atoms with Gasteiger partial charge in [-0.15, -0.1) is 0 Å². The van der Waals surface area contributed by atoms with Crippen molar-refractivity contribution in [2.75, 3.05) is 34.7 Å². The third-order valence-electron chi connectivity index (χ3n) is 8.61. The van der Waals surface area contributed by atoms with Crippen molar-refractivity contribution in [2.45, 2.75) is 109 Å². The molecule has 3 fully saturated rings. The highest BCUT2D eigenvalue weighted by atomic mass is 16.7. The normalized spacial score (nSPS) is 35.8. The molecule has 0 aromatic carbocycles. The van der Waals surface area contributed by atoms with E-state index in [0.29, 0.717) is 6.42 Å².